The Morgan fingerprint density at radius 1 is 0.440 bits per heavy atom. The molecule has 11 heterocycles. The zero-order valence-electron chi connectivity index (χ0n) is 74.1. The largest absolute Gasteiger partial charge is 0.463 e. The highest BCUT2D eigenvalue weighted by Crippen LogP contribution is 2.47. The minimum absolute atomic E-state index is 0.00985. The van der Waals surface area contributed by atoms with Crippen LogP contribution in [0.4, 0.5) is 60.9 Å². The maximum atomic E-state index is 14.6. The summed E-state index contributed by atoms with van der Waals surface area (Å²) in [5, 5.41) is 4.80. The fourth-order valence-electron chi connectivity index (χ4n) is 20.2. The van der Waals surface area contributed by atoms with Crippen molar-refractivity contribution in [3.63, 3.8) is 0 Å². The summed E-state index contributed by atoms with van der Waals surface area (Å²) < 4.78 is 106. The minimum atomic E-state index is -1.04. The van der Waals surface area contributed by atoms with Crippen molar-refractivity contribution in [2.75, 3.05) is 147 Å². The molecular weight excluding hydrogens is 1790 g/mol. The Kier molecular flexibility index (Phi) is 26.8. The van der Waals surface area contributed by atoms with Crippen molar-refractivity contribution in [1.29, 1.82) is 0 Å². The number of likely N-dealkylation sites (tertiary alicyclic amines) is 1. The molecule has 20 rings (SSSR count). The third kappa shape index (κ3) is 18.5. The van der Waals surface area contributed by atoms with Gasteiger partial charge in [0.05, 0.1) is 64.4 Å². The van der Waals surface area contributed by atoms with E-state index in [1.807, 2.05) is 79.1 Å². The normalized spacial score (nSPS) is 21.2. The van der Waals surface area contributed by atoms with Crippen molar-refractivity contribution >= 4 is 119 Å². The van der Waals surface area contributed by atoms with Gasteiger partial charge in [0, 0.05) is 152 Å². The number of hydrogen-bond donors (Lipinski definition) is 0. The zero-order chi connectivity index (χ0) is 93.5. The first kappa shape index (κ1) is 91.8. The van der Waals surface area contributed by atoms with Gasteiger partial charge in [0.2, 0.25) is 19.6 Å². The Bertz CT molecular complexity index is 6410. The zero-order valence-corrected chi connectivity index (χ0v) is 76.3. The lowest BCUT2D eigenvalue weighted by molar-refractivity contribution is -0.131. The van der Waals surface area contributed by atoms with Crippen LogP contribution < -0.4 is 43.6 Å². The number of ether oxygens (including phenoxy) is 3. The molecule has 694 valence electrons. The molecule has 4 aromatic heterocycles. The van der Waals surface area contributed by atoms with E-state index < -0.39 is 70.8 Å². The highest BCUT2D eigenvalue weighted by atomic mass is 35.5. The molecule has 10 aliphatic rings. The molecule has 26 nitrogen and oxygen atoms in total. The molecule has 7 aliphatic heterocycles. The summed E-state index contributed by atoms with van der Waals surface area (Å²) in [5.41, 5.74) is 7.85. The molecule has 3 saturated carbocycles. The lowest BCUT2D eigenvalue weighted by atomic mass is 9.71. The van der Waals surface area contributed by atoms with Crippen LogP contribution in [0.5, 0.6) is 18.0 Å². The molecule has 0 N–H and O–H groups in total. The number of nitrogens with zero attached hydrogens (tertiary/aromatic N) is 20. The van der Waals surface area contributed by atoms with E-state index in [-0.39, 0.29) is 90.0 Å². The van der Waals surface area contributed by atoms with Crippen LogP contribution in [0.1, 0.15) is 98.1 Å². The van der Waals surface area contributed by atoms with Crippen molar-refractivity contribution in [2.24, 2.45) is 5.41 Å². The number of hydrogen-bond acceptors (Lipinski definition) is 19. The molecular formula is C99H99Cl3F6N20O6. The lowest BCUT2D eigenvalue weighted by Crippen LogP contribution is -2.58. The van der Waals surface area contributed by atoms with Crippen LogP contribution >= 0.6 is 34.8 Å². The highest BCUT2D eigenvalue weighted by Gasteiger charge is 2.45. The SMILES string of the molecule is [C-]#[N+]C[C@H]1CN(c2nc(OC3CCC3N3CCC3)nc3c2CCN(c2cccc4ccc(F)c(Cl)c24)C3)CCN1C(=O)C(=C)F.[C-]#[N+]C[C@H]1CN(c2nc(OC3CCC3n3cccc3)nc3c2CCN(c2cccc4ccc(F)c(Cl)c24)C3)CCN1C(=O)C(=C)F.[C-]#[N+]C[C@H]1CN(c2nc(OCC3(C)CCC3)nc3c2CCN(c2cccc4ccc(F)c(Cl)c24)C3)CCN1C(=O)C(=C)F. The van der Waals surface area contributed by atoms with E-state index in [0.29, 0.717) is 144 Å². The first-order chi connectivity index (χ1) is 64.8. The van der Waals surface area contributed by atoms with Gasteiger partial charge in [-0.1, -0.05) is 122 Å². The van der Waals surface area contributed by atoms with Gasteiger partial charge in [0.1, 0.15) is 65.2 Å². The van der Waals surface area contributed by atoms with E-state index in [2.05, 4.69) is 80.1 Å². The molecule has 35 heteroatoms. The molecule has 6 aromatic carbocycles. The topological polar surface area (TPSA) is 207 Å². The second-order valence-electron chi connectivity index (χ2n) is 36.1. The van der Waals surface area contributed by atoms with Crippen molar-refractivity contribution in [3.05, 3.63) is 253 Å². The molecule has 0 spiro atoms. The van der Waals surface area contributed by atoms with E-state index in [1.54, 1.807) is 18.2 Å². The monoisotopic (exact) mass is 1880 g/mol. The van der Waals surface area contributed by atoms with Gasteiger partial charge in [-0.3, -0.25) is 19.3 Å². The second kappa shape index (κ2) is 39.1. The van der Waals surface area contributed by atoms with Crippen molar-refractivity contribution in [2.45, 2.75) is 140 Å². The molecule has 10 aromatic rings. The maximum absolute atomic E-state index is 14.6. The van der Waals surface area contributed by atoms with Crippen molar-refractivity contribution in [3.8, 4) is 18.0 Å². The van der Waals surface area contributed by atoms with Gasteiger partial charge in [-0.2, -0.15) is 29.9 Å². The summed E-state index contributed by atoms with van der Waals surface area (Å²) in [6.07, 6.45) is 14.2. The van der Waals surface area contributed by atoms with Gasteiger partial charge in [-0.15, -0.1) is 0 Å². The number of rotatable bonds is 21. The van der Waals surface area contributed by atoms with Crippen LogP contribution in [-0.2, 0) is 53.3 Å². The van der Waals surface area contributed by atoms with E-state index in [1.165, 1.54) is 45.7 Å². The Morgan fingerprint density at radius 3 is 1.12 bits per heavy atom. The average Bonchev–Trinajstić information content (AvgIpc) is 0.938. The fraction of sp³-hybridized carbons (Fsp3) is 0.414. The number of carbonyl (C=O) groups excluding carboxylic acids is 3. The van der Waals surface area contributed by atoms with Crippen LogP contribution in [0.15, 0.2) is 153 Å². The standard InChI is InChI=1S/C34H32ClF2N7O2.C33H34ClF2N7O2.C32H33ClF2N6O2/c1-21(36)33(45)44-17-16-43(19-23(44)18-38-2)32-24-12-15-42(28-7-5-6-22-8-9-25(37)31(35)30(22)28)20-26(24)39-34(40-32)46-29-11-10-27(29)41-13-3-4-14-41;1-20(35)32(44)43-16-15-42(18-22(43)17-37-2)31-23-11-14-41(27-6-3-5-21-7-8-24(36)30(34)29(21)27)19-25(23)38-33(39-31)45-28-10-9-26(28)40-12-4-13-40;1-20(34)30(42)41-15-14-40(17-22(41)16-36-3)29-23-10-13-39(26-7-4-6-21-8-9-24(35)28(33)27(21)26)18-25(23)37-31(38-29)43-19-32(2)11-5-12-32/h3-9,13-14,23,27,29H,1,10-12,15-20H2;3,5-8,22,26,28H,1,4,9-19H2;4,6-9,22H,1,5,10-19H2,2H3/t23-,27?,29?;22-,26?,28?;22-/m000/s1. The van der Waals surface area contributed by atoms with E-state index in [9.17, 15) is 40.7 Å². The quantitative estimate of drug-likeness (QED) is 0.0372. The second-order valence-corrected chi connectivity index (χ2v) is 37.2. The third-order valence-electron chi connectivity index (χ3n) is 27.9. The number of carbonyl (C=O) groups is 3. The molecule has 0 bridgehead atoms. The summed E-state index contributed by atoms with van der Waals surface area (Å²) in [4.78, 5) is 96.9. The fourth-order valence-corrected chi connectivity index (χ4v) is 21.0. The summed E-state index contributed by atoms with van der Waals surface area (Å²) in [7, 11) is 0. The number of fused-ring (bicyclic) bond motifs is 6. The van der Waals surface area contributed by atoms with Gasteiger partial charge in [-0.05, 0) is 142 Å². The molecule has 134 heavy (non-hydrogen) atoms. The first-order valence-electron chi connectivity index (χ1n) is 45.4. The Labute approximate surface area is 787 Å². The number of benzene rings is 6. The molecule has 4 unspecified atom stereocenters. The van der Waals surface area contributed by atoms with Crippen LogP contribution in [0, 0.1) is 42.6 Å². The number of halogens is 9. The molecule has 7 atom stereocenters. The number of anilines is 6. The van der Waals surface area contributed by atoms with Crippen LogP contribution in [0.2, 0.25) is 15.1 Å². The Morgan fingerprint density at radius 2 is 0.799 bits per heavy atom. The van der Waals surface area contributed by atoms with E-state index in [4.69, 9.17) is 98.6 Å². The van der Waals surface area contributed by atoms with Gasteiger partial charge in [0.15, 0.2) is 17.5 Å². The van der Waals surface area contributed by atoms with Crippen LogP contribution in [-0.4, -0.2) is 226 Å². The van der Waals surface area contributed by atoms with Gasteiger partial charge < -0.3 is 77.4 Å². The maximum Gasteiger partial charge on any atom is 0.319 e. The lowest BCUT2D eigenvalue weighted by Gasteiger charge is -2.47. The predicted molar refractivity (Wildman–Crippen MR) is 504 cm³/mol. The van der Waals surface area contributed by atoms with Gasteiger partial charge in [-0.25, -0.2) is 46.1 Å². The number of piperazine rings is 3. The van der Waals surface area contributed by atoms with Crippen molar-refractivity contribution < 1.29 is 54.9 Å². The smallest absolute Gasteiger partial charge is 0.319 e. The summed E-state index contributed by atoms with van der Waals surface area (Å²) in [5.74, 6) is -4.72. The summed E-state index contributed by atoms with van der Waals surface area (Å²) >= 11 is 19.5. The van der Waals surface area contributed by atoms with Crippen LogP contribution in [0.3, 0.4) is 0 Å². The molecule has 4 saturated heterocycles. The highest BCUT2D eigenvalue weighted by molar-refractivity contribution is 6.38. The first-order valence-corrected chi connectivity index (χ1v) is 46.5. The van der Waals surface area contributed by atoms with Crippen LogP contribution in [0.25, 0.3) is 46.9 Å². The minimum Gasteiger partial charge on any atom is -0.463 e. The Balaban J connectivity index is 0.000000134. The van der Waals surface area contributed by atoms with E-state index >= 15 is 0 Å². The molecule has 7 fully saturated rings. The number of amides is 3. The summed E-state index contributed by atoms with van der Waals surface area (Å²) in [6.45, 7) is 42.9. The van der Waals surface area contributed by atoms with Gasteiger partial charge in [0.25, 0.3) is 17.7 Å². The number of aromatic nitrogens is 7. The average molecular weight is 1890 g/mol. The molecule has 3 amide bonds. The van der Waals surface area contributed by atoms with E-state index in [0.717, 1.165) is 124 Å². The Hall–Kier alpha value is -12.7. The van der Waals surface area contributed by atoms with Gasteiger partial charge >= 0.3 is 18.0 Å². The summed E-state index contributed by atoms with van der Waals surface area (Å²) in [6, 6.07) is 30.5. The van der Waals surface area contributed by atoms with Crippen molar-refractivity contribution in [1.82, 2.24) is 54.1 Å². The third-order valence-corrected chi connectivity index (χ3v) is 29.0. The predicted octanol–water partition coefficient (Wildman–Crippen LogP) is 17.0. The molecule has 3 aliphatic carbocycles. The molecule has 0 radical (unpaired) electrons.